The van der Waals surface area contributed by atoms with E-state index in [0.29, 0.717) is 12.5 Å². The molecule has 17 heavy (non-hydrogen) atoms. The van der Waals surface area contributed by atoms with Crippen LogP contribution in [0.2, 0.25) is 0 Å². The van der Waals surface area contributed by atoms with Crippen molar-refractivity contribution < 1.29 is 4.79 Å². The number of nitrogens with two attached hydrogens (primary N) is 1. The first kappa shape index (κ1) is 16.8. The number of carbonyl (C=O) groups is 1. The summed E-state index contributed by atoms with van der Waals surface area (Å²) < 4.78 is 0. The lowest BCUT2D eigenvalue weighted by Crippen LogP contribution is -2.43. The van der Waals surface area contributed by atoms with Gasteiger partial charge in [0.25, 0.3) is 0 Å². The smallest absolute Gasteiger partial charge is 0.241 e. The minimum atomic E-state index is -0.0591. The fourth-order valence-corrected chi connectivity index (χ4v) is 2.27. The van der Waals surface area contributed by atoms with Gasteiger partial charge in [0.15, 0.2) is 5.96 Å². The highest BCUT2D eigenvalue weighted by Crippen LogP contribution is 2.08. The van der Waals surface area contributed by atoms with Crippen molar-refractivity contribution in [3.05, 3.63) is 0 Å². The van der Waals surface area contributed by atoms with E-state index in [2.05, 4.69) is 10.3 Å². The molecule has 1 rings (SSSR count). The first-order chi connectivity index (χ1) is 7.74. The number of carbonyl (C=O) groups excluding carboxylic acids is 1. The molecule has 1 amide bonds. The van der Waals surface area contributed by atoms with Crippen LogP contribution in [0.1, 0.15) is 13.3 Å². The SMILES string of the molecule is CCCNC(=O)CN=C(N)N1CCSCC1.I. The number of hydrogen-bond acceptors (Lipinski definition) is 3. The minimum absolute atomic E-state index is 0. The molecule has 0 aromatic rings. The van der Waals surface area contributed by atoms with Gasteiger partial charge in [-0.25, -0.2) is 4.99 Å². The summed E-state index contributed by atoms with van der Waals surface area (Å²) in [7, 11) is 0. The Morgan fingerprint density at radius 3 is 2.71 bits per heavy atom. The number of rotatable bonds is 4. The molecule has 0 atom stereocenters. The Bertz CT molecular complexity index is 257. The largest absolute Gasteiger partial charge is 0.370 e. The van der Waals surface area contributed by atoms with Crippen molar-refractivity contribution in [2.24, 2.45) is 10.7 Å². The molecule has 1 fully saturated rings. The van der Waals surface area contributed by atoms with Crippen LogP contribution in [0.4, 0.5) is 0 Å². The summed E-state index contributed by atoms with van der Waals surface area (Å²) in [6.07, 6.45) is 0.939. The van der Waals surface area contributed by atoms with Crippen molar-refractivity contribution in [3.8, 4) is 0 Å². The van der Waals surface area contributed by atoms with E-state index in [4.69, 9.17) is 5.73 Å². The lowest BCUT2D eigenvalue weighted by atomic mass is 10.4. The van der Waals surface area contributed by atoms with Crippen molar-refractivity contribution in [3.63, 3.8) is 0 Å². The second-order valence-electron chi connectivity index (χ2n) is 3.62. The maximum atomic E-state index is 11.3. The van der Waals surface area contributed by atoms with E-state index in [-0.39, 0.29) is 36.4 Å². The first-order valence-electron chi connectivity index (χ1n) is 5.63. The molecular weight excluding hydrogens is 351 g/mol. The number of aliphatic imine (C=N–C) groups is 1. The molecule has 0 spiro atoms. The molecule has 5 nitrogen and oxygen atoms in total. The number of halogens is 1. The Morgan fingerprint density at radius 2 is 2.12 bits per heavy atom. The zero-order chi connectivity index (χ0) is 11.8. The normalized spacial score (nSPS) is 16.3. The molecule has 3 N–H and O–H groups in total. The minimum Gasteiger partial charge on any atom is -0.370 e. The van der Waals surface area contributed by atoms with Crippen LogP contribution in [0.25, 0.3) is 0 Å². The first-order valence-corrected chi connectivity index (χ1v) is 6.78. The molecule has 7 heteroatoms. The van der Waals surface area contributed by atoms with E-state index in [0.717, 1.165) is 31.0 Å². The van der Waals surface area contributed by atoms with E-state index < -0.39 is 0 Å². The molecule has 1 aliphatic rings. The lowest BCUT2D eigenvalue weighted by Gasteiger charge is -2.27. The van der Waals surface area contributed by atoms with Gasteiger partial charge in [-0.1, -0.05) is 6.92 Å². The summed E-state index contributed by atoms with van der Waals surface area (Å²) in [4.78, 5) is 17.4. The van der Waals surface area contributed by atoms with Gasteiger partial charge < -0.3 is 16.0 Å². The molecule has 1 heterocycles. The van der Waals surface area contributed by atoms with E-state index in [1.54, 1.807) is 0 Å². The number of guanidine groups is 1. The second kappa shape index (κ2) is 9.81. The molecule has 0 aromatic heterocycles. The highest BCUT2D eigenvalue weighted by molar-refractivity contribution is 14.0. The van der Waals surface area contributed by atoms with Crippen molar-refractivity contribution >= 4 is 47.6 Å². The third-order valence-corrected chi connectivity index (χ3v) is 3.23. The monoisotopic (exact) mass is 372 g/mol. The van der Waals surface area contributed by atoms with Crippen LogP contribution < -0.4 is 11.1 Å². The van der Waals surface area contributed by atoms with Crippen LogP contribution >= 0.6 is 35.7 Å². The Balaban J connectivity index is 0.00000256. The van der Waals surface area contributed by atoms with Crippen LogP contribution in [0, 0.1) is 0 Å². The average Bonchev–Trinajstić information content (AvgIpc) is 2.34. The van der Waals surface area contributed by atoms with E-state index in [1.165, 1.54) is 0 Å². The Hall–Kier alpha value is -0.180. The Morgan fingerprint density at radius 1 is 1.47 bits per heavy atom. The quantitative estimate of drug-likeness (QED) is 0.428. The number of nitrogens with one attached hydrogen (secondary N) is 1. The number of hydrogen-bond donors (Lipinski definition) is 2. The van der Waals surface area contributed by atoms with Crippen molar-refractivity contribution in [2.45, 2.75) is 13.3 Å². The van der Waals surface area contributed by atoms with Gasteiger partial charge in [0.1, 0.15) is 6.54 Å². The number of amides is 1. The molecule has 100 valence electrons. The van der Waals surface area contributed by atoms with Gasteiger partial charge in [0.05, 0.1) is 0 Å². The molecular formula is C10H21IN4OS. The van der Waals surface area contributed by atoms with E-state index >= 15 is 0 Å². The van der Waals surface area contributed by atoms with Gasteiger partial charge in [-0.3, -0.25) is 4.79 Å². The summed E-state index contributed by atoms with van der Waals surface area (Å²) in [6.45, 7) is 4.71. The highest BCUT2D eigenvalue weighted by atomic mass is 127. The average molecular weight is 372 g/mol. The van der Waals surface area contributed by atoms with Crippen LogP contribution in [-0.4, -0.2) is 54.5 Å². The molecule has 0 unspecified atom stereocenters. The maximum Gasteiger partial charge on any atom is 0.241 e. The van der Waals surface area contributed by atoms with Crippen LogP contribution in [0.5, 0.6) is 0 Å². The molecule has 0 aromatic carbocycles. The number of nitrogens with zero attached hydrogens (tertiary/aromatic N) is 2. The van der Waals surface area contributed by atoms with Gasteiger partial charge in [-0.2, -0.15) is 11.8 Å². The summed E-state index contributed by atoms with van der Waals surface area (Å²) in [5.74, 6) is 2.60. The molecule has 0 saturated carbocycles. The van der Waals surface area contributed by atoms with E-state index in [9.17, 15) is 4.79 Å². The third kappa shape index (κ3) is 6.97. The van der Waals surface area contributed by atoms with Crippen LogP contribution in [0.3, 0.4) is 0 Å². The van der Waals surface area contributed by atoms with Crippen LogP contribution in [0.15, 0.2) is 4.99 Å². The summed E-state index contributed by atoms with van der Waals surface area (Å²) >= 11 is 1.92. The molecule has 0 radical (unpaired) electrons. The Kier molecular flexibility index (Phi) is 9.71. The predicted molar refractivity (Wildman–Crippen MR) is 84.1 cm³/mol. The third-order valence-electron chi connectivity index (χ3n) is 2.29. The van der Waals surface area contributed by atoms with Gasteiger partial charge in [-0.05, 0) is 6.42 Å². The molecule has 1 saturated heterocycles. The molecule has 0 bridgehead atoms. The summed E-state index contributed by atoms with van der Waals surface area (Å²) in [5.41, 5.74) is 5.81. The molecule has 1 aliphatic heterocycles. The fraction of sp³-hybridized carbons (Fsp3) is 0.800. The van der Waals surface area contributed by atoms with Crippen molar-refractivity contribution in [1.29, 1.82) is 0 Å². The standard InChI is InChI=1S/C10H20N4OS.HI/c1-2-3-12-9(15)8-13-10(11)14-4-6-16-7-5-14;/h2-8H2,1H3,(H2,11,13)(H,12,15);1H. The molecule has 0 aliphatic carbocycles. The van der Waals surface area contributed by atoms with Crippen molar-refractivity contribution in [2.75, 3.05) is 37.7 Å². The van der Waals surface area contributed by atoms with Gasteiger partial charge >= 0.3 is 0 Å². The van der Waals surface area contributed by atoms with Gasteiger partial charge in [0, 0.05) is 31.1 Å². The maximum absolute atomic E-state index is 11.3. The van der Waals surface area contributed by atoms with Crippen LogP contribution in [-0.2, 0) is 4.79 Å². The highest BCUT2D eigenvalue weighted by Gasteiger charge is 2.12. The lowest BCUT2D eigenvalue weighted by molar-refractivity contribution is -0.119. The number of thioether (sulfide) groups is 1. The predicted octanol–water partition coefficient (Wildman–Crippen LogP) is 0.494. The zero-order valence-electron chi connectivity index (χ0n) is 10.1. The zero-order valence-corrected chi connectivity index (χ0v) is 13.3. The summed E-state index contributed by atoms with van der Waals surface area (Å²) in [6, 6.07) is 0. The second-order valence-corrected chi connectivity index (χ2v) is 4.85. The van der Waals surface area contributed by atoms with Crippen molar-refractivity contribution in [1.82, 2.24) is 10.2 Å². The van der Waals surface area contributed by atoms with Gasteiger partial charge in [0.2, 0.25) is 5.91 Å². The Labute approximate surface area is 124 Å². The fourth-order valence-electron chi connectivity index (χ4n) is 1.37. The van der Waals surface area contributed by atoms with Gasteiger partial charge in [-0.15, -0.1) is 24.0 Å². The van der Waals surface area contributed by atoms with E-state index in [1.807, 2.05) is 23.6 Å². The summed E-state index contributed by atoms with van der Waals surface area (Å²) in [5, 5.41) is 2.77. The topological polar surface area (TPSA) is 70.7 Å².